The van der Waals surface area contributed by atoms with Crippen LogP contribution in [0.5, 0.6) is 5.75 Å². The van der Waals surface area contributed by atoms with Gasteiger partial charge in [0.2, 0.25) is 0 Å². The van der Waals surface area contributed by atoms with E-state index >= 15 is 0 Å². The maximum atomic E-state index is 10.3. The van der Waals surface area contributed by atoms with Gasteiger partial charge in [0.15, 0.2) is 0 Å². The lowest BCUT2D eigenvalue weighted by molar-refractivity contribution is 0.178. The summed E-state index contributed by atoms with van der Waals surface area (Å²) in [6, 6.07) is 15.1. The summed E-state index contributed by atoms with van der Waals surface area (Å²) in [4.78, 5) is 0. The van der Waals surface area contributed by atoms with Gasteiger partial charge in [-0.05, 0) is 36.2 Å². The molecule has 0 bridgehead atoms. The molecule has 0 aliphatic carbocycles. The number of ether oxygens (including phenoxy) is 1. The van der Waals surface area contributed by atoms with Crippen LogP contribution in [-0.2, 0) is 6.42 Å². The second-order valence-corrected chi connectivity index (χ2v) is 4.72. The highest BCUT2D eigenvalue weighted by Crippen LogP contribution is 2.25. The fourth-order valence-electron chi connectivity index (χ4n) is 1.97. The van der Waals surface area contributed by atoms with Gasteiger partial charge in [-0.1, -0.05) is 41.9 Å². The molecule has 0 saturated carbocycles. The van der Waals surface area contributed by atoms with Crippen molar-refractivity contribution >= 4 is 11.6 Å². The van der Waals surface area contributed by atoms with Crippen molar-refractivity contribution in [2.75, 3.05) is 6.61 Å². The molecule has 2 rings (SSSR count). The van der Waals surface area contributed by atoms with E-state index in [1.54, 1.807) is 0 Å². The second kappa shape index (κ2) is 6.60. The molecule has 0 radical (unpaired) electrons. The minimum atomic E-state index is -0.583. The monoisotopic (exact) mass is 276 g/mol. The molecule has 0 amide bonds. The van der Waals surface area contributed by atoms with Gasteiger partial charge in [-0.2, -0.15) is 0 Å². The molecule has 2 aromatic rings. The maximum Gasteiger partial charge on any atom is 0.119 e. The lowest BCUT2D eigenvalue weighted by Gasteiger charge is -2.13. The van der Waals surface area contributed by atoms with Gasteiger partial charge in [-0.15, -0.1) is 0 Å². The Morgan fingerprint density at radius 2 is 1.95 bits per heavy atom. The van der Waals surface area contributed by atoms with Crippen molar-refractivity contribution in [2.45, 2.75) is 19.4 Å². The highest BCUT2D eigenvalue weighted by atomic mass is 35.5. The molecule has 0 heterocycles. The van der Waals surface area contributed by atoms with Gasteiger partial charge < -0.3 is 9.84 Å². The number of aliphatic hydroxyl groups is 1. The Bertz CT molecular complexity index is 540. The molecule has 1 unspecified atom stereocenters. The molecule has 0 aliphatic heterocycles. The number of halogens is 1. The van der Waals surface area contributed by atoms with E-state index in [-0.39, 0.29) is 0 Å². The van der Waals surface area contributed by atoms with Crippen molar-refractivity contribution in [3.8, 4) is 5.75 Å². The zero-order chi connectivity index (χ0) is 13.7. The van der Waals surface area contributed by atoms with Crippen LogP contribution in [-0.4, -0.2) is 11.7 Å². The number of aliphatic hydroxyl groups excluding tert-OH is 1. The SMILES string of the molecule is CCOc1cccc(C(O)Cc2ccccc2Cl)c1. The lowest BCUT2D eigenvalue weighted by atomic mass is 10.0. The Morgan fingerprint density at radius 3 is 2.68 bits per heavy atom. The van der Waals surface area contributed by atoms with E-state index in [4.69, 9.17) is 16.3 Å². The minimum Gasteiger partial charge on any atom is -0.494 e. The maximum absolute atomic E-state index is 10.3. The van der Waals surface area contributed by atoms with Gasteiger partial charge in [-0.25, -0.2) is 0 Å². The summed E-state index contributed by atoms with van der Waals surface area (Å²) >= 11 is 6.10. The first kappa shape index (κ1) is 13.9. The van der Waals surface area contributed by atoms with Crippen LogP contribution < -0.4 is 4.74 Å². The number of hydrogen-bond donors (Lipinski definition) is 1. The molecule has 0 fully saturated rings. The molecule has 0 aliphatic rings. The van der Waals surface area contributed by atoms with Gasteiger partial charge in [0.1, 0.15) is 5.75 Å². The molecule has 1 N–H and O–H groups in total. The summed E-state index contributed by atoms with van der Waals surface area (Å²) in [5, 5.41) is 11.0. The van der Waals surface area contributed by atoms with Crippen molar-refractivity contribution in [3.05, 3.63) is 64.7 Å². The molecule has 0 spiro atoms. The van der Waals surface area contributed by atoms with E-state index in [1.165, 1.54) is 0 Å². The van der Waals surface area contributed by atoms with E-state index < -0.39 is 6.10 Å². The molecule has 1 atom stereocenters. The zero-order valence-corrected chi connectivity index (χ0v) is 11.6. The van der Waals surface area contributed by atoms with Crippen LogP contribution in [0.2, 0.25) is 5.02 Å². The van der Waals surface area contributed by atoms with E-state index in [2.05, 4.69) is 0 Å². The van der Waals surface area contributed by atoms with Crippen molar-refractivity contribution in [3.63, 3.8) is 0 Å². The average molecular weight is 277 g/mol. The van der Waals surface area contributed by atoms with Crippen molar-refractivity contribution in [1.29, 1.82) is 0 Å². The summed E-state index contributed by atoms with van der Waals surface area (Å²) in [7, 11) is 0. The molecule has 0 aromatic heterocycles. The Labute approximate surface area is 118 Å². The molecule has 2 aromatic carbocycles. The van der Waals surface area contributed by atoms with Crippen LogP contribution in [0.25, 0.3) is 0 Å². The summed E-state index contributed by atoms with van der Waals surface area (Å²) in [6.45, 7) is 2.55. The van der Waals surface area contributed by atoms with Crippen molar-refractivity contribution in [1.82, 2.24) is 0 Å². The molecule has 100 valence electrons. The third-order valence-corrected chi connectivity index (χ3v) is 3.29. The topological polar surface area (TPSA) is 29.5 Å². The summed E-state index contributed by atoms with van der Waals surface area (Å²) in [5.74, 6) is 0.776. The van der Waals surface area contributed by atoms with Crippen LogP contribution in [0.15, 0.2) is 48.5 Å². The number of hydrogen-bond acceptors (Lipinski definition) is 2. The Hall–Kier alpha value is -1.51. The van der Waals surface area contributed by atoms with Gasteiger partial charge >= 0.3 is 0 Å². The molecule has 0 saturated heterocycles. The van der Waals surface area contributed by atoms with Gasteiger partial charge in [0, 0.05) is 11.4 Å². The van der Waals surface area contributed by atoms with Gasteiger partial charge in [0.05, 0.1) is 12.7 Å². The molecule has 19 heavy (non-hydrogen) atoms. The third kappa shape index (κ3) is 3.72. The van der Waals surface area contributed by atoms with Crippen molar-refractivity contribution < 1.29 is 9.84 Å². The predicted molar refractivity (Wildman–Crippen MR) is 77.7 cm³/mol. The van der Waals surface area contributed by atoms with Crippen LogP contribution in [0.4, 0.5) is 0 Å². The van der Waals surface area contributed by atoms with Crippen LogP contribution in [0.3, 0.4) is 0 Å². The Kier molecular flexibility index (Phi) is 4.83. The molecular formula is C16H17ClO2. The van der Waals surface area contributed by atoms with E-state index in [1.807, 2.05) is 55.5 Å². The first-order valence-corrected chi connectivity index (χ1v) is 6.72. The number of rotatable bonds is 5. The minimum absolute atomic E-state index is 0.495. The van der Waals surface area contributed by atoms with Crippen LogP contribution in [0, 0.1) is 0 Å². The highest BCUT2D eigenvalue weighted by Gasteiger charge is 2.11. The zero-order valence-electron chi connectivity index (χ0n) is 10.8. The standard InChI is InChI=1S/C16H17ClO2/c1-2-19-14-8-5-7-13(10-14)16(18)11-12-6-3-4-9-15(12)17/h3-10,16,18H,2,11H2,1H3. The largest absolute Gasteiger partial charge is 0.494 e. The van der Waals surface area contributed by atoms with Gasteiger partial charge in [-0.3, -0.25) is 0 Å². The molecule has 2 nitrogen and oxygen atoms in total. The first-order valence-electron chi connectivity index (χ1n) is 6.35. The third-order valence-electron chi connectivity index (χ3n) is 2.92. The normalized spacial score (nSPS) is 12.2. The predicted octanol–water partition coefficient (Wildman–Crippen LogP) is 4.01. The number of benzene rings is 2. The molecular weight excluding hydrogens is 260 g/mol. The Morgan fingerprint density at radius 1 is 1.16 bits per heavy atom. The first-order chi connectivity index (χ1) is 9.20. The van der Waals surface area contributed by atoms with E-state index in [0.29, 0.717) is 18.1 Å². The summed E-state index contributed by atoms with van der Waals surface area (Å²) in [5.41, 5.74) is 1.78. The van der Waals surface area contributed by atoms with Crippen molar-refractivity contribution in [2.24, 2.45) is 0 Å². The quantitative estimate of drug-likeness (QED) is 0.894. The van der Waals surface area contributed by atoms with E-state index in [0.717, 1.165) is 16.9 Å². The summed E-state index contributed by atoms with van der Waals surface area (Å²) < 4.78 is 5.43. The van der Waals surface area contributed by atoms with Crippen LogP contribution >= 0.6 is 11.6 Å². The summed E-state index contributed by atoms with van der Waals surface area (Å²) in [6.07, 6.45) is -0.0878. The fraction of sp³-hybridized carbons (Fsp3) is 0.250. The average Bonchev–Trinajstić information content (AvgIpc) is 2.42. The second-order valence-electron chi connectivity index (χ2n) is 4.32. The van der Waals surface area contributed by atoms with Gasteiger partial charge in [0.25, 0.3) is 0 Å². The Balaban J connectivity index is 2.13. The van der Waals surface area contributed by atoms with E-state index in [9.17, 15) is 5.11 Å². The molecule has 3 heteroatoms. The fourth-order valence-corrected chi connectivity index (χ4v) is 2.18. The smallest absolute Gasteiger partial charge is 0.119 e. The highest BCUT2D eigenvalue weighted by molar-refractivity contribution is 6.31. The van der Waals surface area contributed by atoms with Crippen LogP contribution in [0.1, 0.15) is 24.2 Å². The lowest BCUT2D eigenvalue weighted by Crippen LogP contribution is -2.03.